The molecular weight excluding hydrogens is 549 g/mol. The molecule has 0 fully saturated rings. The summed E-state index contributed by atoms with van der Waals surface area (Å²) in [7, 11) is -4.10. The number of benzene rings is 3. The predicted octanol–water partition coefficient (Wildman–Crippen LogP) is 6.10. The van der Waals surface area contributed by atoms with Crippen molar-refractivity contribution < 1.29 is 23.8 Å². The van der Waals surface area contributed by atoms with Crippen molar-refractivity contribution in [2.24, 2.45) is 5.92 Å². The Morgan fingerprint density at radius 1 is 0.881 bits per heavy atom. The minimum absolute atomic E-state index is 0.103. The fourth-order valence-electron chi connectivity index (χ4n) is 4.70. The van der Waals surface area contributed by atoms with Gasteiger partial charge in [0.25, 0.3) is 11.8 Å². The van der Waals surface area contributed by atoms with E-state index in [0.29, 0.717) is 24.3 Å². The van der Waals surface area contributed by atoms with Crippen molar-refractivity contribution in [3.8, 4) is 0 Å². The lowest BCUT2D eigenvalue weighted by Crippen LogP contribution is -2.38. The molecule has 0 aliphatic carbocycles. The van der Waals surface area contributed by atoms with E-state index >= 15 is 0 Å². The van der Waals surface area contributed by atoms with Gasteiger partial charge in [0.1, 0.15) is 5.78 Å². The van der Waals surface area contributed by atoms with Crippen LogP contribution in [0, 0.1) is 12.8 Å². The van der Waals surface area contributed by atoms with E-state index in [9.17, 15) is 23.8 Å². The molecule has 3 rings (SSSR count). The van der Waals surface area contributed by atoms with Crippen molar-refractivity contribution in [2.45, 2.75) is 52.7 Å². The average Bonchev–Trinajstić information content (AvgIpc) is 2.97. The van der Waals surface area contributed by atoms with Gasteiger partial charge in [-0.25, -0.2) is 0 Å². The molecule has 0 radical (unpaired) electrons. The highest BCUT2D eigenvalue weighted by molar-refractivity contribution is 7.58. The largest absolute Gasteiger partial charge is 0.343 e. The second-order valence-corrected chi connectivity index (χ2v) is 13.2. The van der Waals surface area contributed by atoms with Gasteiger partial charge < -0.3 is 20.4 Å². The molecule has 9 heteroatoms. The molecule has 8 nitrogen and oxygen atoms in total. The molecule has 3 atom stereocenters. The third-order valence-electron chi connectivity index (χ3n) is 7.00. The van der Waals surface area contributed by atoms with Gasteiger partial charge in [-0.1, -0.05) is 74.9 Å². The van der Waals surface area contributed by atoms with Gasteiger partial charge in [0, 0.05) is 48.4 Å². The highest BCUT2D eigenvalue weighted by atomic mass is 31.2. The first-order chi connectivity index (χ1) is 20.0. The second kappa shape index (κ2) is 15.5. The van der Waals surface area contributed by atoms with Crippen LogP contribution in [-0.4, -0.2) is 52.5 Å². The first-order valence-corrected chi connectivity index (χ1v) is 16.4. The van der Waals surface area contributed by atoms with Crippen LogP contribution in [0.2, 0.25) is 0 Å². The van der Waals surface area contributed by atoms with Gasteiger partial charge in [-0.15, -0.1) is 0 Å². The van der Waals surface area contributed by atoms with Crippen LogP contribution < -0.4 is 10.6 Å². The van der Waals surface area contributed by atoms with Crippen LogP contribution in [0.1, 0.15) is 65.5 Å². The van der Waals surface area contributed by atoms with Crippen LogP contribution in [0.15, 0.2) is 78.9 Å². The summed E-state index contributed by atoms with van der Waals surface area (Å²) in [5.74, 6) is -3.03. The third kappa shape index (κ3) is 9.40. The lowest BCUT2D eigenvalue weighted by atomic mass is 10.1. The maximum absolute atomic E-state index is 13.8. The SMILES string of the molecule is CCCN(CCC)C(=O)c1cccc(C(=O)N[C@@H](Cc2ccccc2)P(=O)(O)C[C@@H](C)C(=O)Nc2ccc(C)cc2)c1. The number of amides is 3. The van der Waals surface area contributed by atoms with Crippen molar-refractivity contribution in [1.82, 2.24) is 10.2 Å². The van der Waals surface area contributed by atoms with E-state index in [4.69, 9.17) is 0 Å². The van der Waals surface area contributed by atoms with Crippen molar-refractivity contribution >= 4 is 30.8 Å². The fourth-order valence-corrected chi connectivity index (χ4v) is 6.72. The van der Waals surface area contributed by atoms with E-state index in [0.717, 1.165) is 24.0 Å². The molecule has 3 N–H and O–H groups in total. The quantitative estimate of drug-likeness (QED) is 0.196. The van der Waals surface area contributed by atoms with E-state index < -0.39 is 25.0 Å². The second-order valence-electron chi connectivity index (χ2n) is 10.7. The lowest BCUT2D eigenvalue weighted by molar-refractivity contribution is -0.118. The standard InChI is InChI=1S/C33H42N3O5P/c1-5-19-36(20-6-2)33(39)28-14-10-13-27(22-28)32(38)35-30(21-26-11-8-7-9-12-26)42(40,41)23-25(4)31(37)34-29-17-15-24(3)16-18-29/h7-18,22,25,30H,5-6,19-21,23H2,1-4H3,(H,34,37)(H,35,38)(H,40,41)/t25-,30-/m1/s1. The molecule has 1 unspecified atom stereocenters. The molecule has 3 aromatic carbocycles. The Hall–Kier alpha value is -3.74. The number of hydrogen-bond acceptors (Lipinski definition) is 4. The Morgan fingerprint density at radius 2 is 1.50 bits per heavy atom. The fraction of sp³-hybridized carbons (Fsp3) is 0.364. The van der Waals surface area contributed by atoms with Crippen molar-refractivity contribution in [1.29, 1.82) is 0 Å². The van der Waals surface area contributed by atoms with Crippen molar-refractivity contribution in [3.63, 3.8) is 0 Å². The number of nitrogens with one attached hydrogen (secondary N) is 2. The summed E-state index contributed by atoms with van der Waals surface area (Å²) < 4.78 is 13.8. The van der Waals surface area contributed by atoms with Gasteiger partial charge in [0.05, 0.1) is 0 Å². The van der Waals surface area contributed by atoms with Gasteiger partial charge in [0.2, 0.25) is 13.3 Å². The normalized spacial score (nSPS) is 13.8. The van der Waals surface area contributed by atoms with Crippen molar-refractivity contribution in [2.75, 3.05) is 24.6 Å². The van der Waals surface area contributed by atoms with E-state index in [1.165, 1.54) is 6.07 Å². The summed E-state index contributed by atoms with van der Waals surface area (Å²) in [5, 5.41) is 5.56. The summed E-state index contributed by atoms with van der Waals surface area (Å²) in [6.07, 6.45) is 1.43. The Balaban J connectivity index is 1.80. The van der Waals surface area contributed by atoms with Crippen LogP contribution in [0.4, 0.5) is 5.69 Å². The van der Waals surface area contributed by atoms with Crippen LogP contribution in [0.3, 0.4) is 0 Å². The number of nitrogens with zero attached hydrogens (tertiary/aromatic N) is 1. The molecule has 0 saturated heterocycles. The molecule has 3 aromatic rings. The third-order valence-corrected chi connectivity index (χ3v) is 9.36. The Morgan fingerprint density at radius 3 is 2.12 bits per heavy atom. The first-order valence-electron chi connectivity index (χ1n) is 14.5. The minimum Gasteiger partial charge on any atom is -0.343 e. The zero-order valence-corrected chi connectivity index (χ0v) is 25.8. The van der Waals surface area contributed by atoms with Crippen LogP contribution in [0.25, 0.3) is 0 Å². The summed E-state index contributed by atoms with van der Waals surface area (Å²) in [5.41, 5.74) is 3.03. The summed E-state index contributed by atoms with van der Waals surface area (Å²) >= 11 is 0. The Kier molecular flexibility index (Phi) is 12.1. The number of rotatable bonds is 14. The lowest BCUT2D eigenvalue weighted by Gasteiger charge is -2.26. The maximum atomic E-state index is 13.8. The number of carbonyl (C=O) groups is 3. The topological polar surface area (TPSA) is 116 Å². The van der Waals surface area contributed by atoms with Gasteiger partial charge in [-0.05, 0) is 55.7 Å². The highest BCUT2D eigenvalue weighted by Crippen LogP contribution is 2.48. The molecule has 0 saturated carbocycles. The van der Waals surface area contributed by atoms with E-state index in [-0.39, 0.29) is 30.0 Å². The molecule has 0 aromatic heterocycles. The molecule has 0 heterocycles. The molecule has 224 valence electrons. The maximum Gasteiger partial charge on any atom is 0.253 e. The van der Waals surface area contributed by atoms with Gasteiger partial charge >= 0.3 is 0 Å². The molecule has 0 aliphatic rings. The van der Waals surface area contributed by atoms with E-state index in [1.54, 1.807) is 42.2 Å². The molecule has 0 spiro atoms. The van der Waals surface area contributed by atoms with Gasteiger partial charge in [0.15, 0.2) is 0 Å². The van der Waals surface area contributed by atoms with Gasteiger partial charge in [-0.3, -0.25) is 18.9 Å². The summed E-state index contributed by atoms with van der Waals surface area (Å²) in [6, 6.07) is 22.8. The average molecular weight is 592 g/mol. The Labute approximate surface area is 249 Å². The van der Waals surface area contributed by atoms with Gasteiger partial charge in [-0.2, -0.15) is 0 Å². The zero-order chi connectivity index (χ0) is 30.7. The molecule has 3 amide bonds. The summed E-state index contributed by atoms with van der Waals surface area (Å²) in [4.78, 5) is 52.5. The molecule has 0 aliphatic heterocycles. The van der Waals surface area contributed by atoms with Crippen LogP contribution >= 0.6 is 7.37 Å². The molecular formula is C33H42N3O5P. The predicted molar refractivity (Wildman–Crippen MR) is 168 cm³/mol. The summed E-state index contributed by atoms with van der Waals surface area (Å²) in [6.45, 7) is 8.79. The Bertz CT molecular complexity index is 1390. The van der Waals surface area contributed by atoms with E-state index in [1.807, 2.05) is 63.2 Å². The monoisotopic (exact) mass is 591 g/mol. The molecule has 0 bridgehead atoms. The molecule has 42 heavy (non-hydrogen) atoms. The number of anilines is 1. The smallest absolute Gasteiger partial charge is 0.253 e. The van der Waals surface area contributed by atoms with E-state index in [2.05, 4.69) is 10.6 Å². The number of hydrogen-bond donors (Lipinski definition) is 3. The minimum atomic E-state index is -4.10. The van der Waals surface area contributed by atoms with Crippen LogP contribution in [-0.2, 0) is 15.8 Å². The van der Waals surface area contributed by atoms with Crippen LogP contribution in [0.5, 0.6) is 0 Å². The zero-order valence-electron chi connectivity index (χ0n) is 24.9. The van der Waals surface area contributed by atoms with Crippen molar-refractivity contribution in [3.05, 3.63) is 101 Å². The number of carbonyl (C=O) groups excluding carboxylic acids is 3. The highest BCUT2D eigenvalue weighted by Gasteiger charge is 2.36. The number of aryl methyl sites for hydroxylation is 1. The first kappa shape index (κ1) is 32.8.